The van der Waals surface area contributed by atoms with Gasteiger partial charge >= 0.3 is 0 Å². The molecule has 3 atom stereocenters. The van der Waals surface area contributed by atoms with Gasteiger partial charge < -0.3 is 33.2 Å². The number of amides is 3. The smallest absolute Gasteiger partial charge is 0.248 e. The van der Waals surface area contributed by atoms with Crippen LogP contribution in [0.25, 0.3) is 83.7 Å². The van der Waals surface area contributed by atoms with E-state index in [-0.39, 0.29) is 25.1 Å². The van der Waals surface area contributed by atoms with Crippen LogP contribution in [-0.2, 0) is 52.1 Å². The van der Waals surface area contributed by atoms with Crippen LogP contribution in [0.2, 0.25) is 15.1 Å². The summed E-state index contributed by atoms with van der Waals surface area (Å²) in [4.78, 5) is 52.2. The molecule has 6 aromatic carbocycles. The average molecular weight is 1430 g/mol. The molecule has 9 heterocycles. The summed E-state index contributed by atoms with van der Waals surface area (Å²) in [6.45, 7) is 5.01. The predicted octanol–water partition coefficient (Wildman–Crippen LogP) is 13.4. The van der Waals surface area contributed by atoms with E-state index < -0.39 is 16.6 Å². The van der Waals surface area contributed by atoms with E-state index >= 15 is 0 Å². The summed E-state index contributed by atoms with van der Waals surface area (Å²) in [5.74, 6) is -0.959. The van der Waals surface area contributed by atoms with Gasteiger partial charge in [0.25, 0.3) is 0 Å². The lowest BCUT2D eigenvalue weighted by Crippen LogP contribution is -2.45. The Labute approximate surface area is 606 Å². The van der Waals surface area contributed by atoms with Crippen molar-refractivity contribution in [1.29, 1.82) is 0 Å². The van der Waals surface area contributed by atoms with Crippen LogP contribution in [0, 0.1) is 0 Å². The molecule has 15 aromatic rings. The van der Waals surface area contributed by atoms with Gasteiger partial charge in [-0.15, -0.1) is 0 Å². The Bertz CT molecular complexity index is 5000. The highest BCUT2D eigenvalue weighted by atomic mass is 35.5. The van der Waals surface area contributed by atoms with Gasteiger partial charge in [0.05, 0.1) is 52.2 Å². The number of rotatable bonds is 15. The van der Waals surface area contributed by atoms with Crippen molar-refractivity contribution in [3.05, 3.63) is 270 Å². The number of hydrogen-bond donors (Lipinski definition) is 6. The monoisotopic (exact) mass is 1430 g/mol. The van der Waals surface area contributed by atoms with Crippen LogP contribution in [0.15, 0.2) is 239 Å². The normalized spacial score (nSPS) is 12.9. The van der Waals surface area contributed by atoms with E-state index in [4.69, 9.17) is 52.0 Å². The molecule has 103 heavy (non-hydrogen) atoms. The lowest BCUT2D eigenvalue weighted by molar-refractivity contribution is -0.121. The lowest BCUT2D eigenvalue weighted by atomic mass is 9.92. The Morgan fingerprint density at radius 2 is 0.583 bits per heavy atom. The van der Waals surface area contributed by atoms with Gasteiger partial charge in [0.1, 0.15) is 35.6 Å². The predicted molar refractivity (Wildman–Crippen MR) is 403 cm³/mol. The van der Waals surface area contributed by atoms with Gasteiger partial charge in [0.15, 0.2) is 0 Å². The average Bonchev–Trinajstić information content (AvgIpc) is 1.65. The summed E-state index contributed by atoms with van der Waals surface area (Å²) < 4.78 is 10.7. The maximum atomic E-state index is 12.9. The van der Waals surface area contributed by atoms with E-state index in [1.54, 1.807) is 121 Å². The molecule has 0 bridgehead atoms. The first-order valence-corrected chi connectivity index (χ1v) is 32.9. The lowest BCUT2D eigenvalue weighted by Gasteiger charge is -2.24. The second kappa shape index (κ2) is 29.3. The Morgan fingerprint density at radius 1 is 0.340 bits per heavy atom. The summed E-state index contributed by atoms with van der Waals surface area (Å²) in [5.41, 5.74) is 33.0. The van der Waals surface area contributed by atoms with Gasteiger partial charge in [-0.25, -0.2) is 28.5 Å². The summed E-state index contributed by atoms with van der Waals surface area (Å²) >= 11 is 17.9. The fourth-order valence-corrected chi connectivity index (χ4v) is 11.7. The Kier molecular flexibility index (Phi) is 20.1. The second-order valence-electron chi connectivity index (χ2n) is 24.9. The van der Waals surface area contributed by atoms with Crippen molar-refractivity contribution in [1.82, 2.24) is 73.1 Å². The van der Waals surface area contributed by atoms with E-state index in [9.17, 15) is 14.4 Å². The zero-order chi connectivity index (χ0) is 71.6. The maximum absolute atomic E-state index is 12.9. The molecule has 0 spiro atoms. The second-order valence-corrected chi connectivity index (χ2v) is 26.2. The van der Waals surface area contributed by atoms with Gasteiger partial charge in [-0.1, -0.05) is 115 Å². The van der Waals surface area contributed by atoms with Crippen molar-refractivity contribution >= 4 is 86.1 Å². The number of carbonyl (C=O) groups is 3. The van der Waals surface area contributed by atoms with Gasteiger partial charge in [0, 0.05) is 141 Å². The van der Waals surface area contributed by atoms with E-state index in [2.05, 4.69) is 61.5 Å². The first-order chi connectivity index (χ1) is 48.9. The molecule has 0 fully saturated rings. The molecule has 27 heteroatoms. The van der Waals surface area contributed by atoms with Crippen molar-refractivity contribution in [3.8, 4) is 67.2 Å². The molecule has 0 aliphatic carbocycles. The molecule has 518 valence electrons. The van der Waals surface area contributed by atoms with Crippen molar-refractivity contribution in [2.24, 2.45) is 38.3 Å². The minimum absolute atomic E-state index is 0. The Balaban J connectivity index is 0.000000145. The number of nitrogens with one attached hydrogen (secondary N) is 3. The Morgan fingerprint density at radius 3 is 0.806 bits per heavy atom. The third kappa shape index (κ3) is 15.4. The van der Waals surface area contributed by atoms with Crippen molar-refractivity contribution < 1.29 is 14.4 Å². The standard InChI is InChI=1S/3C25H22ClN7O.CH4/c3*1-25(27,19-5-7-20(26)8-6-19)24(34)31-21-9-3-16(4-10-21)23-22-11-17(14-33(22)30-15-28-23)18-12-29-32(2)13-18;/h3*3-15H,27H2,1-2H3,(H,31,34);1H4/t2*25-;;/m10../s1. The molecule has 0 saturated carbocycles. The number of aryl methyl sites for hydroxylation is 3. The number of anilines is 3. The van der Waals surface area contributed by atoms with Crippen LogP contribution in [-0.4, -0.2) is 90.9 Å². The summed E-state index contributed by atoms with van der Waals surface area (Å²) in [6.07, 6.45) is 21.7. The van der Waals surface area contributed by atoms with Crippen molar-refractivity contribution in [2.45, 2.75) is 44.8 Å². The third-order valence-corrected chi connectivity index (χ3v) is 18.1. The third-order valence-electron chi connectivity index (χ3n) is 17.3. The number of nitrogens with zero attached hydrogens (tertiary/aromatic N) is 15. The zero-order valence-electron chi connectivity index (χ0n) is 55.8. The largest absolute Gasteiger partial charge is 0.324 e. The van der Waals surface area contributed by atoms with Crippen LogP contribution in [0.3, 0.4) is 0 Å². The summed E-state index contributed by atoms with van der Waals surface area (Å²) in [5, 5.41) is 36.2. The van der Waals surface area contributed by atoms with Crippen LogP contribution in [0.1, 0.15) is 44.9 Å². The van der Waals surface area contributed by atoms with E-state index in [1.807, 2.05) is 168 Å². The minimum Gasteiger partial charge on any atom is -0.324 e. The highest BCUT2D eigenvalue weighted by Crippen LogP contribution is 2.34. The van der Waals surface area contributed by atoms with Crippen molar-refractivity contribution in [2.75, 3.05) is 16.0 Å². The highest BCUT2D eigenvalue weighted by molar-refractivity contribution is 6.31. The summed E-state index contributed by atoms with van der Waals surface area (Å²) in [6, 6.07) is 49.3. The summed E-state index contributed by atoms with van der Waals surface area (Å²) in [7, 11) is 5.65. The molecular formula is C76H70Cl3N21O3. The molecule has 0 radical (unpaired) electrons. The maximum Gasteiger partial charge on any atom is 0.248 e. The number of fused-ring (bicyclic) bond motifs is 3. The molecule has 0 aliphatic heterocycles. The Hall–Kier alpha value is -12.0. The van der Waals surface area contributed by atoms with Crippen LogP contribution in [0.5, 0.6) is 0 Å². The van der Waals surface area contributed by atoms with Gasteiger partial charge in [-0.2, -0.15) is 30.6 Å². The molecule has 15 rings (SSSR count). The number of aromatic nitrogens is 15. The van der Waals surface area contributed by atoms with E-state index in [1.165, 1.54) is 19.0 Å². The number of carbonyl (C=O) groups excluding carboxylic acids is 3. The van der Waals surface area contributed by atoms with Crippen LogP contribution >= 0.6 is 34.8 Å². The van der Waals surface area contributed by atoms with E-state index in [0.29, 0.717) is 48.8 Å². The minimum atomic E-state index is -1.21. The van der Waals surface area contributed by atoms with Crippen molar-refractivity contribution in [3.63, 3.8) is 0 Å². The van der Waals surface area contributed by atoms with Gasteiger partial charge in [-0.05, 0) is 128 Å². The van der Waals surface area contributed by atoms with Crippen LogP contribution < -0.4 is 33.2 Å². The fourth-order valence-electron chi connectivity index (χ4n) is 11.3. The molecule has 0 saturated heterocycles. The zero-order valence-corrected chi connectivity index (χ0v) is 58.1. The molecule has 0 aliphatic rings. The highest BCUT2D eigenvalue weighted by Gasteiger charge is 2.33. The first-order valence-electron chi connectivity index (χ1n) is 31.8. The SMILES string of the molecule is C.Cn1cc(-c2cc3c(-c4ccc(NC(=O)C(C)(N)c5ccc(Cl)cc5)cc4)ncnn3c2)cn1.Cn1cc(-c2cc3c(-c4ccc(NC(=O)[C@@](C)(N)c5ccc(Cl)cc5)cc4)ncnn3c2)cn1.Cn1cc(-c2cc3c(-c4ccc(NC(=O)[C@](C)(N)c5ccc(Cl)cc5)cc4)ncnn3c2)cn1. The first kappa shape index (κ1) is 70.8. The van der Waals surface area contributed by atoms with E-state index in [0.717, 1.165) is 83.7 Å². The molecule has 9 N–H and O–H groups in total. The van der Waals surface area contributed by atoms with Gasteiger partial charge in [-0.3, -0.25) is 28.4 Å². The van der Waals surface area contributed by atoms with Gasteiger partial charge in [0.2, 0.25) is 17.7 Å². The molecule has 1 unspecified atom stereocenters. The number of nitrogens with two attached hydrogens (primary N) is 3. The number of benzene rings is 6. The molecule has 9 aromatic heterocycles. The molecular weight excluding hydrogens is 1360 g/mol. The fraction of sp³-hybridized carbons (Fsp3) is 0.132. The topological polar surface area (TPSA) is 309 Å². The number of hydrogen-bond acceptors (Lipinski definition) is 15. The number of halogens is 3. The quantitative estimate of drug-likeness (QED) is 0.0556. The molecule has 24 nitrogen and oxygen atoms in total. The van der Waals surface area contributed by atoms with Crippen LogP contribution in [0.4, 0.5) is 17.1 Å². The molecule has 3 amide bonds.